The molecule has 1 aliphatic rings. The summed E-state index contributed by atoms with van der Waals surface area (Å²) >= 11 is 0. The maximum Gasteiger partial charge on any atom is 0.326 e. The van der Waals surface area contributed by atoms with Gasteiger partial charge in [0.1, 0.15) is 24.2 Å². The summed E-state index contributed by atoms with van der Waals surface area (Å²) in [6, 6.07) is 3.66. The van der Waals surface area contributed by atoms with E-state index in [0.29, 0.717) is 25.8 Å². The molecule has 328 valence electrons. The fourth-order valence-corrected chi connectivity index (χ4v) is 8.03. The number of methoxy groups -OCH3 is 2. The molecule has 0 bridgehead atoms. The third-order valence-corrected chi connectivity index (χ3v) is 11.6. The van der Waals surface area contributed by atoms with Crippen LogP contribution in [-0.4, -0.2) is 150 Å². The monoisotopic (exact) mass is 819 g/mol. The Labute approximate surface area is 344 Å². The highest BCUT2D eigenvalue weighted by Crippen LogP contribution is 2.30. The van der Waals surface area contributed by atoms with Crippen LogP contribution in [0.5, 0.6) is 0 Å². The van der Waals surface area contributed by atoms with Crippen molar-refractivity contribution in [2.24, 2.45) is 29.4 Å². The van der Waals surface area contributed by atoms with Gasteiger partial charge in [0.2, 0.25) is 29.5 Å². The SMILES string of the molecule is CC[C@H](C)[C@@H]([C@@H](CC(=O)N1CCC[C@H]1[C@H](OC)[C@@H](C)C(=O)N[C@@H](Cc1ccccc1)C(=O)O)OC)N(C)C(=O)[C@@H](NC(=O)[C@H](C(C)C)N(C)C(=O)[C@@H](N)CO)C(C)C. The largest absolute Gasteiger partial charge is 0.480 e. The van der Waals surface area contributed by atoms with Gasteiger partial charge in [-0.05, 0) is 36.2 Å². The lowest BCUT2D eigenvalue weighted by atomic mass is 9.89. The first-order chi connectivity index (χ1) is 27.3. The minimum Gasteiger partial charge on any atom is -0.480 e. The summed E-state index contributed by atoms with van der Waals surface area (Å²) in [5.41, 5.74) is 6.54. The number of nitrogens with two attached hydrogens (primary N) is 1. The van der Waals surface area contributed by atoms with Crippen LogP contribution in [0.4, 0.5) is 0 Å². The van der Waals surface area contributed by atoms with Crippen LogP contribution in [0, 0.1) is 23.7 Å². The van der Waals surface area contributed by atoms with E-state index in [1.54, 1.807) is 75.7 Å². The highest BCUT2D eigenvalue weighted by molar-refractivity contribution is 5.93. The predicted molar refractivity (Wildman–Crippen MR) is 219 cm³/mol. The Balaban J connectivity index is 2.30. The van der Waals surface area contributed by atoms with E-state index in [2.05, 4.69) is 10.6 Å². The normalized spacial score (nSPS) is 18.9. The molecule has 1 heterocycles. The van der Waals surface area contributed by atoms with Crippen LogP contribution in [0.25, 0.3) is 0 Å². The number of amides is 5. The summed E-state index contributed by atoms with van der Waals surface area (Å²) in [4.78, 5) is 85.3. The van der Waals surface area contributed by atoms with Gasteiger partial charge in [-0.3, -0.25) is 24.0 Å². The van der Waals surface area contributed by atoms with Crippen molar-refractivity contribution in [1.82, 2.24) is 25.3 Å². The molecule has 1 saturated heterocycles. The van der Waals surface area contributed by atoms with E-state index in [-0.39, 0.29) is 36.5 Å². The minimum atomic E-state index is -1.20. The second-order valence-corrected chi connectivity index (χ2v) is 16.3. The van der Waals surface area contributed by atoms with Crippen molar-refractivity contribution in [3.8, 4) is 0 Å². The first-order valence-electron chi connectivity index (χ1n) is 20.4. The van der Waals surface area contributed by atoms with Crippen molar-refractivity contribution in [1.29, 1.82) is 0 Å². The molecular weight excluding hydrogens is 748 g/mol. The molecule has 2 rings (SSSR count). The van der Waals surface area contributed by atoms with E-state index in [1.807, 2.05) is 19.9 Å². The van der Waals surface area contributed by atoms with Gasteiger partial charge in [-0.15, -0.1) is 0 Å². The Morgan fingerprint density at radius 3 is 2.02 bits per heavy atom. The van der Waals surface area contributed by atoms with Crippen LogP contribution >= 0.6 is 0 Å². The summed E-state index contributed by atoms with van der Waals surface area (Å²) in [6.45, 7) is 12.6. The number of carboxylic acids is 1. The van der Waals surface area contributed by atoms with Crippen LogP contribution < -0.4 is 16.4 Å². The number of carbonyl (C=O) groups excluding carboxylic acids is 5. The lowest BCUT2D eigenvalue weighted by molar-refractivity contribution is -0.149. The predicted octanol–water partition coefficient (Wildman–Crippen LogP) is 1.66. The first kappa shape index (κ1) is 50.0. The molecule has 1 fully saturated rings. The first-order valence-corrected chi connectivity index (χ1v) is 20.4. The Morgan fingerprint density at radius 2 is 1.52 bits per heavy atom. The van der Waals surface area contributed by atoms with Crippen molar-refractivity contribution in [3.05, 3.63) is 35.9 Å². The summed E-state index contributed by atoms with van der Waals surface area (Å²) < 4.78 is 11.8. The number of aliphatic hydroxyl groups excluding tert-OH is 1. The van der Waals surface area contributed by atoms with Gasteiger partial charge in [0.25, 0.3) is 0 Å². The smallest absolute Gasteiger partial charge is 0.326 e. The van der Waals surface area contributed by atoms with Gasteiger partial charge in [-0.2, -0.15) is 0 Å². The molecule has 1 aromatic carbocycles. The van der Waals surface area contributed by atoms with E-state index in [1.165, 1.54) is 26.2 Å². The number of nitrogens with one attached hydrogen (secondary N) is 2. The van der Waals surface area contributed by atoms with Crippen LogP contribution in [0.15, 0.2) is 30.3 Å². The molecule has 10 atom stereocenters. The van der Waals surface area contributed by atoms with Gasteiger partial charge in [-0.1, -0.05) is 85.2 Å². The lowest BCUT2D eigenvalue weighted by Gasteiger charge is -2.41. The number of likely N-dealkylation sites (tertiary alicyclic amines) is 1. The van der Waals surface area contributed by atoms with E-state index >= 15 is 0 Å². The molecule has 0 saturated carbocycles. The fraction of sp³-hybridized carbons (Fsp3) is 0.714. The number of ether oxygens (including phenoxy) is 2. The Bertz CT molecular complexity index is 1510. The maximum atomic E-state index is 14.4. The van der Waals surface area contributed by atoms with Crippen molar-refractivity contribution in [2.75, 3.05) is 41.5 Å². The summed E-state index contributed by atoms with van der Waals surface area (Å²) in [7, 11) is 6.04. The van der Waals surface area contributed by atoms with Crippen molar-refractivity contribution < 1.29 is 48.5 Å². The lowest BCUT2D eigenvalue weighted by Crippen LogP contribution is -2.61. The molecule has 0 aliphatic carbocycles. The van der Waals surface area contributed by atoms with Gasteiger partial charge in [0.05, 0.1) is 43.2 Å². The summed E-state index contributed by atoms with van der Waals surface area (Å²) in [6.07, 6.45) is 0.432. The molecule has 6 N–H and O–H groups in total. The molecule has 58 heavy (non-hydrogen) atoms. The van der Waals surface area contributed by atoms with Crippen molar-refractivity contribution >= 4 is 35.5 Å². The second-order valence-electron chi connectivity index (χ2n) is 16.3. The number of aliphatic carboxylic acids is 1. The molecule has 16 nitrogen and oxygen atoms in total. The van der Waals surface area contributed by atoms with E-state index in [9.17, 15) is 39.0 Å². The number of hydrogen-bond acceptors (Lipinski definition) is 10. The summed E-state index contributed by atoms with van der Waals surface area (Å²) in [5, 5.41) is 24.9. The molecule has 0 unspecified atom stereocenters. The van der Waals surface area contributed by atoms with Gasteiger partial charge < -0.3 is 50.8 Å². The van der Waals surface area contributed by atoms with E-state index < -0.39 is 90.6 Å². The van der Waals surface area contributed by atoms with Crippen LogP contribution in [0.1, 0.15) is 79.7 Å². The molecule has 1 aromatic rings. The number of aliphatic hydroxyl groups is 1. The average Bonchev–Trinajstić information content (AvgIpc) is 3.68. The summed E-state index contributed by atoms with van der Waals surface area (Å²) in [5.74, 6) is -5.07. The van der Waals surface area contributed by atoms with Gasteiger partial charge >= 0.3 is 5.97 Å². The molecule has 16 heteroatoms. The third-order valence-electron chi connectivity index (χ3n) is 11.6. The highest BCUT2D eigenvalue weighted by atomic mass is 16.5. The zero-order valence-corrected chi connectivity index (χ0v) is 36.3. The molecule has 0 spiro atoms. The molecule has 1 aliphatic heterocycles. The molecular formula is C42H70N6O10. The number of rotatable bonds is 23. The van der Waals surface area contributed by atoms with Crippen LogP contribution in [-0.2, 0) is 44.7 Å². The minimum absolute atomic E-state index is 0.0824. The zero-order valence-electron chi connectivity index (χ0n) is 36.3. The molecule has 0 radical (unpaired) electrons. The number of hydrogen-bond donors (Lipinski definition) is 5. The number of nitrogens with zero attached hydrogens (tertiary/aromatic N) is 3. The van der Waals surface area contributed by atoms with Crippen LogP contribution in [0.3, 0.4) is 0 Å². The van der Waals surface area contributed by atoms with Crippen molar-refractivity contribution in [3.63, 3.8) is 0 Å². The standard InChI is InChI=1S/C42H70N6O10/c1-12-26(6)36(47(9)41(54)34(24(2)3)45-39(52)35(25(4)5)46(8)40(53)29(43)23-49)32(57-10)22-33(50)48-20-16-19-31(48)37(58-11)27(7)38(51)44-30(42(55)56)21-28-17-14-13-15-18-28/h13-15,17-18,24-27,29-32,34-37,49H,12,16,19-23,43H2,1-11H3,(H,44,51)(H,45,52)(H,55,56)/t26-,27+,29-,30-,31-,32+,34-,35-,36-,37+/m0/s1. The number of carboxylic acid groups (broad SMARTS) is 1. The topological polar surface area (TPSA) is 221 Å². The molecule has 0 aromatic heterocycles. The van der Waals surface area contributed by atoms with Gasteiger partial charge in [-0.25, -0.2) is 4.79 Å². The fourth-order valence-electron chi connectivity index (χ4n) is 8.03. The zero-order chi connectivity index (χ0) is 44.0. The Kier molecular flexibility index (Phi) is 20.2. The third kappa shape index (κ3) is 12.9. The van der Waals surface area contributed by atoms with Crippen LogP contribution in [0.2, 0.25) is 0 Å². The van der Waals surface area contributed by atoms with E-state index in [4.69, 9.17) is 15.2 Å². The molecule has 5 amide bonds. The maximum absolute atomic E-state index is 14.4. The second kappa shape index (κ2) is 23.5. The quantitative estimate of drug-likeness (QED) is 0.107. The number of likely N-dealkylation sites (N-methyl/N-ethyl adjacent to an activating group) is 2. The number of carbonyl (C=O) groups is 6. The average molecular weight is 819 g/mol. The van der Waals surface area contributed by atoms with E-state index in [0.717, 1.165) is 5.56 Å². The highest BCUT2D eigenvalue weighted by Gasteiger charge is 2.44. The Morgan fingerprint density at radius 1 is 0.897 bits per heavy atom. The van der Waals surface area contributed by atoms with Gasteiger partial charge in [0, 0.05) is 41.3 Å². The van der Waals surface area contributed by atoms with Crippen molar-refractivity contribution in [2.45, 2.75) is 129 Å². The van der Waals surface area contributed by atoms with Gasteiger partial charge in [0.15, 0.2) is 0 Å². The number of benzene rings is 1. The Hall–Kier alpha value is -4.12.